The summed E-state index contributed by atoms with van der Waals surface area (Å²) in [5, 5.41) is 10.4. The molecule has 21 heavy (non-hydrogen) atoms. The lowest BCUT2D eigenvalue weighted by atomic mass is 9.88. The van der Waals surface area contributed by atoms with Crippen molar-refractivity contribution in [2.75, 3.05) is 0 Å². The highest BCUT2D eigenvalue weighted by Gasteiger charge is 2.31. The van der Waals surface area contributed by atoms with E-state index in [0.29, 0.717) is 11.1 Å². The van der Waals surface area contributed by atoms with Crippen LogP contribution in [0, 0.1) is 5.82 Å². The molecule has 0 fully saturated rings. The molecule has 0 aromatic heterocycles. The van der Waals surface area contributed by atoms with Crippen molar-refractivity contribution in [1.29, 1.82) is 0 Å². The van der Waals surface area contributed by atoms with Gasteiger partial charge in [-0.25, -0.2) is 4.39 Å². The summed E-state index contributed by atoms with van der Waals surface area (Å²) in [5.41, 5.74) is -1.57. The third-order valence-electron chi connectivity index (χ3n) is 3.25. The van der Waals surface area contributed by atoms with Crippen LogP contribution in [0.2, 0.25) is 0 Å². The molecular weight excluding hydrogens is 284 g/mol. The second-order valence-electron chi connectivity index (χ2n) is 5.16. The molecule has 0 radical (unpaired) electrons. The topological polar surface area (TPSA) is 20.2 Å². The van der Waals surface area contributed by atoms with Crippen LogP contribution in [-0.4, -0.2) is 5.11 Å². The maximum atomic E-state index is 13.2. The maximum absolute atomic E-state index is 13.2. The van der Waals surface area contributed by atoms with E-state index in [0.717, 1.165) is 12.1 Å². The smallest absolute Gasteiger partial charge is 0.385 e. The first-order valence-corrected chi connectivity index (χ1v) is 6.33. The Bertz CT molecular complexity index is 632. The normalized spacial score (nSPS) is 14.8. The SMILES string of the molecule is CC(O)(Cc1cccc(C(F)(F)F)c1)c1cccc(F)c1. The van der Waals surface area contributed by atoms with Crippen LogP contribution in [0.4, 0.5) is 17.6 Å². The van der Waals surface area contributed by atoms with E-state index >= 15 is 0 Å². The molecule has 0 aliphatic rings. The Morgan fingerprint density at radius 3 is 2.19 bits per heavy atom. The Balaban J connectivity index is 2.28. The Morgan fingerprint density at radius 2 is 1.57 bits per heavy atom. The molecule has 1 atom stereocenters. The molecule has 112 valence electrons. The standard InChI is InChI=1S/C16H14F4O/c1-15(21,12-5-3-7-14(17)9-12)10-11-4-2-6-13(8-11)16(18,19)20/h2-9,21H,10H2,1H3. The van der Waals surface area contributed by atoms with E-state index in [2.05, 4.69) is 0 Å². The van der Waals surface area contributed by atoms with E-state index in [1.807, 2.05) is 0 Å². The van der Waals surface area contributed by atoms with E-state index in [-0.39, 0.29) is 6.42 Å². The predicted molar refractivity (Wildman–Crippen MR) is 71.1 cm³/mol. The Morgan fingerprint density at radius 1 is 0.952 bits per heavy atom. The van der Waals surface area contributed by atoms with Crippen molar-refractivity contribution >= 4 is 0 Å². The molecule has 1 N–H and O–H groups in total. The minimum absolute atomic E-state index is 0.0413. The lowest BCUT2D eigenvalue weighted by molar-refractivity contribution is -0.137. The lowest BCUT2D eigenvalue weighted by Crippen LogP contribution is -2.24. The molecular formula is C16H14F4O. The summed E-state index contributed by atoms with van der Waals surface area (Å²) in [5.74, 6) is -0.503. The van der Waals surface area contributed by atoms with Crippen molar-refractivity contribution in [3.8, 4) is 0 Å². The van der Waals surface area contributed by atoms with Crippen molar-refractivity contribution in [3.05, 3.63) is 71.0 Å². The summed E-state index contributed by atoms with van der Waals surface area (Å²) in [6, 6.07) is 10.2. The summed E-state index contributed by atoms with van der Waals surface area (Å²) < 4.78 is 51.2. The van der Waals surface area contributed by atoms with Gasteiger partial charge in [0, 0.05) is 6.42 Å². The van der Waals surface area contributed by atoms with Gasteiger partial charge in [0.05, 0.1) is 11.2 Å². The molecule has 2 rings (SSSR count). The van der Waals surface area contributed by atoms with E-state index in [1.165, 1.54) is 43.3 Å². The van der Waals surface area contributed by atoms with E-state index in [4.69, 9.17) is 0 Å². The zero-order valence-corrected chi connectivity index (χ0v) is 11.3. The molecule has 2 aromatic carbocycles. The van der Waals surface area contributed by atoms with Gasteiger partial charge in [-0.15, -0.1) is 0 Å². The molecule has 0 saturated heterocycles. The van der Waals surface area contributed by atoms with Crippen LogP contribution in [-0.2, 0) is 18.2 Å². The molecule has 5 heteroatoms. The highest BCUT2D eigenvalue weighted by Crippen LogP contribution is 2.31. The largest absolute Gasteiger partial charge is 0.416 e. The van der Waals surface area contributed by atoms with Crippen LogP contribution < -0.4 is 0 Å². The first-order valence-electron chi connectivity index (χ1n) is 6.33. The second-order valence-corrected chi connectivity index (χ2v) is 5.16. The van der Waals surface area contributed by atoms with Crippen LogP contribution in [0.15, 0.2) is 48.5 Å². The molecule has 0 spiro atoms. The van der Waals surface area contributed by atoms with Crippen molar-refractivity contribution in [2.24, 2.45) is 0 Å². The summed E-state index contributed by atoms with van der Waals surface area (Å²) in [6.07, 6.45) is -4.47. The highest BCUT2D eigenvalue weighted by atomic mass is 19.4. The predicted octanol–water partition coefficient (Wildman–Crippen LogP) is 4.29. The number of benzene rings is 2. The average Bonchev–Trinajstić information content (AvgIpc) is 2.37. The van der Waals surface area contributed by atoms with Gasteiger partial charge in [0.1, 0.15) is 5.82 Å². The summed E-state index contributed by atoms with van der Waals surface area (Å²) in [4.78, 5) is 0. The first-order chi connectivity index (χ1) is 9.68. The van der Waals surface area contributed by atoms with Crippen molar-refractivity contribution < 1.29 is 22.7 Å². The molecule has 0 bridgehead atoms. The van der Waals surface area contributed by atoms with E-state index < -0.39 is 23.2 Å². The third-order valence-corrected chi connectivity index (χ3v) is 3.25. The minimum atomic E-state index is -4.43. The van der Waals surface area contributed by atoms with Gasteiger partial charge >= 0.3 is 6.18 Å². The Kier molecular flexibility index (Phi) is 4.05. The number of hydrogen-bond acceptors (Lipinski definition) is 1. The number of rotatable bonds is 3. The molecule has 0 aliphatic heterocycles. The van der Waals surface area contributed by atoms with Crippen LogP contribution in [0.1, 0.15) is 23.6 Å². The molecule has 0 saturated carbocycles. The number of hydrogen-bond donors (Lipinski definition) is 1. The second kappa shape index (κ2) is 5.48. The first kappa shape index (κ1) is 15.5. The van der Waals surface area contributed by atoms with E-state index in [9.17, 15) is 22.7 Å². The Hall–Kier alpha value is -1.88. The van der Waals surface area contributed by atoms with Gasteiger partial charge in [-0.3, -0.25) is 0 Å². The molecule has 2 aromatic rings. The average molecular weight is 298 g/mol. The fraction of sp³-hybridized carbons (Fsp3) is 0.250. The van der Waals surface area contributed by atoms with Crippen LogP contribution in [0.3, 0.4) is 0 Å². The van der Waals surface area contributed by atoms with Gasteiger partial charge < -0.3 is 5.11 Å². The van der Waals surface area contributed by atoms with Gasteiger partial charge in [-0.1, -0.05) is 30.3 Å². The van der Waals surface area contributed by atoms with Crippen molar-refractivity contribution in [3.63, 3.8) is 0 Å². The monoisotopic (exact) mass is 298 g/mol. The molecule has 0 heterocycles. The quantitative estimate of drug-likeness (QED) is 0.838. The zero-order chi connectivity index (χ0) is 15.7. The number of aliphatic hydroxyl groups is 1. The summed E-state index contributed by atoms with van der Waals surface area (Å²) >= 11 is 0. The zero-order valence-electron chi connectivity index (χ0n) is 11.3. The summed E-state index contributed by atoms with van der Waals surface area (Å²) in [6.45, 7) is 1.45. The van der Waals surface area contributed by atoms with Gasteiger partial charge in [-0.05, 0) is 36.2 Å². The van der Waals surface area contributed by atoms with Crippen molar-refractivity contribution in [1.82, 2.24) is 0 Å². The molecule has 1 nitrogen and oxygen atoms in total. The van der Waals surface area contributed by atoms with Gasteiger partial charge in [0.25, 0.3) is 0 Å². The fourth-order valence-corrected chi connectivity index (χ4v) is 2.18. The van der Waals surface area contributed by atoms with Crippen LogP contribution in [0.25, 0.3) is 0 Å². The van der Waals surface area contributed by atoms with Gasteiger partial charge in [0.15, 0.2) is 0 Å². The van der Waals surface area contributed by atoms with Crippen molar-refractivity contribution in [2.45, 2.75) is 25.1 Å². The van der Waals surface area contributed by atoms with Gasteiger partial charge in [-0.2, -0.15) is 13.2 Å². The minimum Gasteiger partial charge on any atom is -0.385 e. The maximum Gasteiger partial charge on any atom is 0.416 e. The van der Waals surface area contributed by atoms with Gasteiger partial charge in [0.2, 0.25) is 0 Å². The van der Waals surface area contributed by atoms with Crippen LogP contribution >= 0.6 is 0 Å². The lowest BCUT2D eigenvalue weighted by Gasteiger charge is -2.24. The molecule has 0 amide bonds. The molecule has 0 aliphatic carbocycles. The third kappa shape index (κ3) is 3.82. The fourth-order valence-electron chi connectivity index (χ4n) is 2.18. The summed E-state index contributed by atoms with van der Waals surface area (Å²) in [7, 11) is 0. The van der Waals surface area contributed by atoms with Crippen LogP contribution in [0.5, 0.6) is 0 Å². The van der Waals surface area contributed by atoms with E-state index in [1.54, 1.807) is 0 Å². The number of alkyl halides is 3. The molecule has 1 unspecified atom stereocenters. The number of halogens is 4. The Labute approximate surface area is 119 Å². The highest BCUT2D eigenvalue weighted by molar-refractivity contribution is 5.30.